The van der Waals surface area contributed by atoms with Crippen molar-refractivity contribution in [2.75, 3.05) is 5.32 Å². The quantitative estimate of drug-likeness (QED) is 0.208. The van der Waals surface area contributed by atoms with Gasteiger partial charge in [0.2, 0.25) is 5.82 Å². The highest BCUT2D eigenvalue weighted by molar-refractivity contribution is 6.03. The summed E-state index contributed by atoms with van der Waals surface area (Å²) in [5.74, 6) is -10.7. The maximum Gasteiger partial charge on any atom is 0.256 e. The molecule has 0 saturated carbocycles. The van der Waals surface area contributed by atoms with Gasteiger partial charge >= 0.3 is 0 Å². The second-order valence-corrected chi connectivity index (χ2v) is 7.34. The van der Waals surface area contributed by atoms with Crippen LogP contribution < -0.4 is 10.1 Å². The van der Waals surface area contributed by atoms with Gasteiger partial charge in [-0.1, -0.05) is 12.1 Å². The van der Waals surface area contributed by atoms with Crippen LogP contribution in [-0.4, -0.2) is 15.7 Å². The first-order valence-electron chi connectivity index (χ1n) is 10.1. The molecule has 11 heteroatoms. The summed E-state index contributed by atoms with van der Waals surface area (Å²) in [5, 5.41) is 6.36. The fraction of sp³-hybridized carbons (Fsp3) is 0.0833. The fourth-order valence-electron chi connectivity index (χ4n) is 3.11. The van der Waals surface area contributed by atoms with Crippen LogP contribution in [0.1, 0.15) is 21.5 Å². The van der Waals surface area contributed by atoms with Crippen LogP contribution in [0.3, 0.4) is 0 Å². The average molecular weight is 491 g/mol. The molecule has 0 aliphatic rings. The highest BCUT2D eigenvalue weighted by Gasteiger charge is 2.26. The molecule has 1 amide bonds. The third kappa shape index (κ3) is 5.29. The monoisotopic (exact) mass is 491 g/mol. The second-order valence-electron chi connectivity index (χ2n) is 7.34. The number of rotatable bonds is 7. The van der Waals surface area contributed by atoms with E-state index in [-0.39, 0.29) is 23.8 Å². The molecular formula is C24H15F6N3O2. The highest BCUT2D eigenvalue weighted by Crippen LogP contribution is 2.24. The zero-order valence-corrected chi connectivity index (χ0v) is 17.7. The zero-order chi connectivity index (χ0) is 25.1. The van der Waals surface area contributed by atoms with Crippen molar-refractivity contribution >= 4 is 11.7 Å². The van der Waals surface area contributed by atoms with Gasteiger partial charge in [-0.05, 0) is 42.0 Å². The maximum absolute atomic E-state index is 13.9. The lowest BCUT2D eigenvalue weighted by Crippen LogP contribution is -2.14. The van der Waals surface area contributed by atoms with Gasteiger partial charge in [-0.2, -0.15) is 5.10 Å². The number of ether oxygens (including phenoxy) is 1. The minimum absolute atomic E-state index is 0.00240. The van der Waals surface area contributed by atoms with E-state index in [1.165, 1.54) is 48.7 Å². The van der Waals surface area contributed by atoms with Crippen LogP contribution in [0.15, 0.2) is 60.8 Å². The van der Waals surface area contributed by atoms with Crippen molar-refractivity contribution in [1.82, 2.24) is 9.78 Å². The second kappa shape index (κ2) is 9.92. The van der Waals surface area contributed by atoms with E-state index in [1.807, 2.05) is 0 Å². The summed E-state index contributed by atoms with van der Waals surface area (Å²) in [6.07, 6.45) is 1.21. The summed E-state index contributed by atoms with van der Waals surface area (Å²) >= 11 is 0. The number of anilines is 1. The molecule has 0 aliphatic carbocycles. The molecule has 0 aliphatic heterocycles. The van der Waals surface area contributed by atoms with E-state index >= 15 is 0 Å². The Morgan fingerprint density at radius 1 is 0.800 bits per heavy atom. The SMILES string of the molecule is O=C(Nc1ccn(Cc2c(F)c(F)c(F)c(F)c2F)n1)c1ccc(COc2ccc(F)cc2)cc1. The molecule has 1 N–H and O–H groups in total. The Bertz CT molecular complexity index is 1340. The van der Waals surface area contributed by atoms with Crippen LogP contribution in [0.4, 0.5) is 32.2 Å². The number of benzene rings is 3. The maximum atomic E-state index is 13.9. The molecule has 180 valence electrons. The first-order valence-corrected chi connectivity index (χ1v) is 10.1. The third-order valence-corrected chi connectivity index (χ3v) is 4.94. The Balaban J connectivity index is 1.38. The summed E-state index contributed by atoms with van der Waals surface area (Å²) in [7, 11) is 0. The van der Waals surface area contributed by atoms with Crippen LogP contribution in [-0.2, 0) is 13.2 Å². The number of nitrogens with zero attached hydrogens (tertiary/aromatic N) is 2. The average Bonchev–Trinajstić information content (AvgIpc) is 3.31. The topological polar surface area (TPSA) is 56.2 Å². The van der Waals surface area contributed by atoms with E-state index in [0.29, 0.717) is 5.75 Å². The molecular weight excluding hydrogens is 476 g/mol. The number of carbonyl (C=O) groups is 1. The van der Waals surface area contributed by atoms with Crippen molar-refractivity contribution in [2.45, 2.75) is 13.2 Å². The summed E-state index contributed by atoms with van der Waals surface area (Å²) in [6.45, 7) is -0.556. The van der Waals surface area contributed by atoms with Crippen LogP contribution in [0.5, 0.6) is 5.75 Å². The van der Waals surface area contributed by atoms with Gasteiger partial charge in [0.15, 0.2) is 29.1 Å². The predicted molar refractivity (Wildman–Crippen MR) is 113 cm³/mol. The van der Waals surface area contributed by atoms with Crippen LogP contribution in [0, 0.1) is 34.9 Å². The minimum Gasteiger partial charge on any atom is -0.489 e. The van der Waals surface area contributed by atoms with E-state index in [0.717, 1.165) is 10.2 Å². The molecule has 0 fully saturated rings. The standard InChI is InChI=1S/C24H15F6N3O2/c25-15-5-7-16(8-6-15)35-12-13-1-3-14(4-2-13)24(34)31-18-9-10-33(32-18)11-17-19(26)21(28)23(30)22(29)20(17)27/h1-10H,11-12H2,(H,31,32,34). The lowest BCUT2D eigenvalue weighted by molar-refractivity contribution is 0.102. The molecule has 1 heterocycles. The number of hydrogen-bond donors (Lipinski definition) is 1. The number of nitrogens with one attached hydrogen (secondary N) is 1. The van der Waals surface area contributed by atoms with Gasteiger partial charge in [-0.25, -0.2) is 26.3 Å². The van der Waals surface area contributed by atoms with E-state index < -0.39 is 47.1 Å². The molecule has 0 atom stereocenters. The van der Waals surface area contributed by atoms with Crippen LogP contribution in [0.2, 0.25) is 0 Å². The van der Waals surface area contributed by atoms with Gasteiger partial charge in [-0.3, -0.25) is 9.48 Å². The van der Waals surface area contributed by atoms with Crippen molar-refractivity contribution in [3.05, 3.63) is 112 Å². The number of carbonyl (C=O) groups excluding carboxylic acids is 1. The molecule has 0 spiro atoms. The van der Waals surface area contributed by atoms with Crippen molar-refractivity contribution in [2.24, 2.45) is 0 Å². The smallest absolute Gasteiger partial charge is 0.256 e. The van der Waals surface area contributed by atoms with Crippen molar-refractivity contribution in [1.29, 1.82) is 0 Å². The molecule has 0 radical (unpaired) electrons. The first kappa shape index (κ1) is 23.9. The Morgan fingerprint density at radius 3 is 2.03 bits per heavy atom. The molecule has 4 aromatic rings. The third-order valence-electron chi connectivity index (χ3n) is 4.94. The molecule has 0 unspecified atom stereocenters. The molecule has 5 nitrogen and oxygen atoms in total. The van der Waals surface area contributed by atoms with Crippen molar-refractivity contribution < 1.29 is 35.9 Å². The van der Waals surface area contributed by atoms with Crippen LogP contribution >= 0.6 is 0 Å². The number of halogens is 6. The van der Waals surface area contributed by atoms with Gasteiger partial charge in [0.05, 0.1) is 12.1 Å². The Morgan fingerprint density at radius 2 is 1.40 bits per heavy atom. The van der Waals surface area contributed by atoms with Gasteiger partial charge in [0.1, 0.15) is 18.2 Å². The van der Waals surface area contributed by atoms with E-state index in [9.17, 15) is 31.1 Å². The first-order chi connectivity index (χ1) is 16.7. The largest absolute Gasteiger partial charge is 0.489 e. The lowest BCUT2D eigenvalue weighted by Gasteiger charge is -2.08. The summed E-state index contributed by atoms with van der Waals surface area (Å²) < 4.78 is 87.1. The summed E-state index contributed by atoms with van der Waals surface area (Å²) in [4.78, 5) is 12.5. The lowest BCUT2D eigenvalue weighted by atomic mass is 10.1. The van der Waals surface area contributed by atoms with E-state index in [4.69, 9.17) is 4.74 Å². The molecule has 3 aromatic carbocycles. The Labute approximate surface area is 194 Å². The Hall–Kier alpha value is -4.28. The molecule has 4 rings (SSSR count). The highest BCUT2D eigenvalue weighted by atomic mass is 19.2. The van der Waals surface area contributed by atoms with E-state index in [1.54, 1.807) is 12.1 Å². The van der Waals surface area contributed by atoms with Gasteiger partial charge < -0.3 is 10.1 Å². The van der Waals surface area contributed by atoms with E-state index in [2.05, 4.69) is 10.4 Å². The van der Waals surface area contributed by atoms with Crippen LogP contribution in [0.25, 0.3) is 0 Å². The van der Waals surface area contributed by atoms with Crippen molar-refractivity contribution in [3.8, 4) is 5.75 Å². The van der Waals surface area contributed by atoms with Crippen molar-refractivity contribution in [3.63, 3.8) is 0 Å². The zero-order valence-electron chi connectivity index (χ0n) is 17.7. The molecule has 0 bridgehead atoms. The normalized spacial score (nSPS) is 10.9. The van der Waals surface area contributed by atoms with Gasteiger partial charge in [0.25, 0.3) is 5.91 Å². The van der Waals surface area contributed by atoms with Gasteiger partial charge in [0, 0.05) is 17.8 Å². The number of aromatic nitrogens is 2. The minimum atomic E-state index is -2.25. The number of hydrogen-bond acceptors (Lipinski definition) is 3. The summed E-state index contributed by atoms with van der Waals surface area (Å²) in [5.41, 5.74) is -0.0383. The van der Waals surface area contributed by atoms with Gasteiger partial charge in [-0.15, -0.1) is 0 Å². The molecule has 0 saturated heterocycles. The number of amides is 1. The molecule has 1 aromatic heterocycles. The fourth-order valence-corrected chi connectivity index (χ4v) is 3.11. The Kier molecular flexibility index (Phi) is 6.76. The molecule has 35 heavy (non-hydrogen) atoms. The summed E-state index contributed by atoms with van der Waals surface area (Å²) in [6, 6.07) is 13.2. The predicted octanol–water partition coefficient (Wildman–Crippen LogP) is 5.60.